The van der Waals surface area contributed by atoms with E-state index in [1.807, 2.05) is 52.7 Å². The zero-order valence-electron chi connectivity index (χ0n) is 17.8. The molecule has 1 aliphatic carbocycles. The molecule has 3 aromatic rings. The van der Waals surface area contributed by atoms with Gasteiger partial charge in [0, 0.05) is 34.9 Å². The van der Waals surface area contributed by atoms with E-state index in [2.05, 4.69) is 15.3 Å². The van der Waals surface area contributed by atoms with Crippen LogP contribution in [0.25, 0.3) is 11.3 Å². The first-order chi connectivity index (χ1) is 15.7. The van der Waals surface area contributed by atoms with E-state index in [4.69, 9.17) is 0 Å². The molecule has 3 unspecified atom stereocenters. The number of likely N-dealkylation sites (tertiary alicyclic amines) is 1. The van der Waals surface area contributed by atoms with Crippen LogP contribution in [0, 0.1) is 5.92 Å². The van der Waals surface area contributed by atoms with Gasteiger partial charge in [0.25, 0.3) is 5.91 Å². The van der Waals surface area contributed by atoms with Gasteiger partial charge in [0.15, 0.2) is 0 Å². The lowest BCUT2D eigenvalue weighted by atomic mass is 9.84. The smallest absolute Gasteiger partial charge is 0.254 e. The summed E-state index contributed by atoms with van der Waals surface area (Å²) in [6.45, 7) is 0.369. The maximum Gasteiger partial charge on any atom is 0.254 e. The van der Waals surface area contributed by atoms with Gasteiger partial charge in [0.1, 0.15) is 11.0 Å². The Morgan fingerprint density at radius 3 is 2.66 bits per heavy atom. The molecular weight excluding hydrogens is 420 g/mol. The lowest BCUT2D eigenvalue weighted by molar-refractivity contribution is -0.125. The molecule has 7 heteroatoms. The molecule has 0 spiro atoms. The molecule has 3 atom stereocenters. The van der Waals surface area contributed by atoms with Gasteiger partial charge in [-0.05, 0) is 49.4 Å². The highest BCUT2D eigenvalue weighted by atomic mass is 32.1. The minimum Gasteiger partial charge on any atom is -0.348 e. The molecule has 1 N–H and O–H groups in total. The summed E-state index contributed by atoms with van der Waals surface area (Å²) < 4.78 is 0. The van der Waals surface area contributed by atoms with E-state index in [1.165, 1.54) is 17.8 Å². The summed E-state index contributed by atoms with van der Waals surface area (Å²) in [5.74, 6) is 0.295. The van der Waals surface area contributed by atoms with Crippen LogP contribution in [0.3, 0.4) is 0 Å². The summed E-state index contributed by atoms with van der Waals surface area (Å²) in [6, 6.07) is 12.9. The van der Waals surface area contributed by atoms with Crippen molar-refractivity contribution in [1.82, 2.24) is 20.2 Å². The van der Waals surface area contributed by atoms with Crippen LogP contribution in [0.15, 0.2) is 60.2 Å². The molecule has 1 aliphatic heterocycles. The van der Waals surface area contributed by atoms with E-state index in [0.717, 1.165) is 41.9 Å². The van der Waals surface area contributed by atoms with E-state index in [9.17, 15) is 9.59 Å². The van der Waals surface area contributed by atoms with Gasteiger partial charge >= 0.3 is 0 Å². The van der Waals surface area contributed by atoms with Crippen LogP contribution in [0.1, 0.15) is 47.5 Å². The minimum absolute atomic E-state index is 0.0330. The molecule has 2 amide bonds. The summed E-state index contributed by atoms with van der Waals surface area (Å²) in [7, 11) is 0. The third-order valence-electron chi connectivity index (χ3n) is 6.59. The highest BCUT2D eigenvalue weighted by molar-refractivity contribution is 7.09. The number of carbonyl (C=O) groups excluding carboxylic acids is 2. The molecule has 164 valence electrons. The third-order valence-corrected chi connectivity index (χ3v) is 7.44. The number of benzene rings is 1. The quantitative estimate of drug-likeness (QED) is 0.634. The van der Waals surface area contributed by atoms with Gasteiger partial charge < -0.3 is 10.2 Å². The number of thiazole rings is 1. The number of amides is 2. The fraction of sp³-hybridized carbons (Fsp3) is 0.360. The van der Waals surface area contributed by atoms with E-state index in [-0.39, 0.29) is 17.9 Å². The number of aromatic nitrogens is 2. The molecule has 1 saturated carbocycles. The minimum atomic E-state index is -0.421. The van der Waals surface area contributed by atoms with Gasteiger partial charge in [0.2, 0.25) is 5.91 Å². The Kier molecular flexibility index (Phi) is 5.99. The summed E-state index contributed by atoms with van der Waals surface area (Å²) in [5.41, 5.74) is 2.54. The second-order valence-electron chi connectivity index (χ2n) is 8.52. The predicted molar refractivity (Wildman–Crippen MR) is 124 cm³/mol. The summed E-state index contributed by atoms with van der Waals surface area (Å²) in [6.07, 6.45) is 8.60. The molecule has 0 bridgehead atoms. The van der Waals surface area contributed by atoms with Crippen molar-refractivity contribution in [2.75, 3.05) is 0 Å². The molecule has 32 heavy (non-hydrogen) atoms. The molecular formula is C25H26N4O2S. The lowest BCUT2D eigenvalue weighted by Crippen LogP contribution is -2.49. The number of carbonyl (C=O) groups is 2. The molecule has 1 aromatic carbocycles. The molecule has 5 rings (SSSR count). The standard InChI is InChI=1S/C25H26N4O2S/c30-24(27-15-23-28-20(16-32-23)17-10-12-26-13-11-17)22-14-19-8-4-5-9-21(19)29(22)25(31)18-6-2-1-3-7-18/h1-3,6-7,10-13,16,19,21-22H,4-5,8-9,14-15H2,(H,27,30). The maximum atomic E-state index is 13.4. The van der Waals surface area contributed by atoms with E-state index >= 15 is 0 Å². The van der Waals surface area contributed by atoms with Crippen LogP contribution >= 0.6 is 11.3 Å². The van der Waals surface area contributed by atoms with Crippen LogP contribution in [0.5, 0.6) is 0 Å². The average Bonchev–Trinajstić information content (AvgIpc) is 3.48. The highest BCUT2D eigenvalue weighted by Gasteiger charge is 2.47. The third kappa shape index (κ3) is 4.17. The number of hydrogen-bond donors (Lipinski definition) is 1. The van der Waals surface area contributed by atoms with Gasteiger partial charge in [-0.3, -0.25) is 14.6 Å². The van der Waals surface area contributed by atoms with Crippen molar-refractivity contribution >= 4 is 23.2 Å². The monoisotopic (exact) mass is 446 g/mol. The number of rotatable bonds is 5. The van der Waals surface area contributed by atoms with Crippen molar-refractivity contribution in [1.29, 1.82) is 0 Å². The molecule has 1 saturated heterocycles. The van der Waals surface area contributed by atoms with Gasteiger partial charge in [-0.15, -0.1) is 11.3 Å². The number of pyridine rings is 1. The summed E-state index contributed by atoms with van der Waals surface area (Å²) in [4.78, 5) is 37.2. The SMILES string of the molecule is O=C(NCc1nc(-c2ccncc2)cs1)C1CC2CCCCC2N1C(=O)c1ccccc1. The van der Waals surface area contributed by atoms with Crippen molar-refractivity contribution in [2.24, 2.45) is 5.92 Å². The van der Waals surface area contributed by atoms with Crippen molar-refractivity contribution in [2.45, 2.75) is 50.7 Å². The summed E-state index contributed by atoms with van der Waals surface area (Å²) in [5, 5.41) is 5.90. The van der Waals surface area contributed by atoms with Crippen molar-refractivity contribution in [3.05, 3.63) is 70.8 Å². The Hall–Kier alpha value is -3.06. The Balaban J connectivity index is 1.30. The van der Waals surface area contributed by atoms with Crippen LogP contribution in [0.4, 0.5) is 0 Å². The first kappa shape index (κ1) is 20.8. The molecule has 2 fully saturated rings. The summed E-state index contributed by atoms with van der Waals surface area (Å²) >= 11 is 1.53. The molecule has 0 radical (unpaired) electrons. The van der Waals surface area contributed by atoms with Gasteiger partial charge in [0.05, 0.1) is 12.2 Å². The Bertz CT molecular complexity index is 1090. The maximum absolute atomic E-state index is 13.4. The topological polar surface area (TPSA) is 75.2 Å². The van der Waals surface area contributed by atoms with Crippen LogP contribution in [-0.2, 0) is 11.3 Å². The first-order valence-electron chi connectivity index (χ1n) is 11.2. The average molecular weight is 447 g/mol. The number of nitrogens with one attached hydrogen (secondary N) is 1. The first-order valence-corrected chi connectivity index (χ1v) is 12.1. The van der Waals surface area contributed by atoms with Crippen molar-refractivity contribution < 1.29 is 9.59 Å². The lowest BCUT2D eigenvalue weighted by Gasteiger charge is -2.33. The van der Waals surface area contributed by atoms with Crippen molar-refractivity contribution in [3.8, 4) is 11.3 Å². The second kappa shape index (κ2) is 9.20. The Morgan fingerprint density at radius 2 is 1.84 bits per heavy atom. The Morgan fingerprint density at radius 1 is 1.06 bits per heavy atom. The highest BCUT2D eigenvalue weighted by Crippen LogP contribution is 2.40. The second-order valence-corrected chi connectivity index (χ2v) is 9.46. The fourth-order valence-electron chi connectivity index (χ4n) is 5.04. The van der Waals surface area contributed by atoms with Crippen LogP contribution in [-0.4, -0.2) is 38.8 Å². The largest absolute Gasteiger partial charge is 0.348 e. The molecule has 3 heterocycles. The fourth-order valence-corrected chi connectivity index (χ4v) is 5.79. The van der Waals surface area contributed by atoms with Crippen LogP contribution < -0.4 is 5.32 Å². The van der Waals surface area contributed by atoms with E-state index < -0.39 is 6.04 Å². The molecule has 2 aliphatic rings. The number of nitrogens with zero attached hydrogens (tertiary/aromatic N) is 3. The molecule has 6 nitrogen and oxygen atoms in total. The molecule has 2 aromatic heterocycles. The van der Waals surface area contributed by atoms with E-state index in [0.29, 0.717) is 18.0 Å². The zero-order valence-corrected chi connectivity index (χ0v) is 18.6. The normalized spacial score (nSPS) is 22.4. The van der Waals surface area contributed by atoms with Gasteiger partial charge in [-0.2, -0.15) is 0 Å². The van der Waals surface area contributed by atoms with Gasteiger partial charge in [-0.25, -0.2) is 4.98 Å². The predicted octanol–water partition coefficient (Wildman–Crippen LogP) is 4.29. The Labute approximate surface area is 191 Å². The number of hydrogen-bond acceptors (Lipinski definition) is 5. The van der Waals surface area contributed by atoms with Crippen LogP contribution in [0.2, 0.25) is 0 Å². The zero-order chi connectivity index (χ0) is 21.9. The number of fused-ring (bicyclic) bond motifs is 1. The van der Waals surface area contributed by atoms with Gasteiger partial charge in [-0.1, -0.05) is 31.0 Å². The van der Waals surface area contributed by atoms with Crippen molar-refractivity contribution in [3.63, 3.8) is 0 Å². The van der Waals surface area contributed by atoms with E-state index in [1.54, 1.807) is 12.4 Å².